The number of halogens is 1. The highest BCUT2D eigenvalue weighted by molar-refractivity contribution is 6.31. The first kappa shape index (κ1) is 17.5. The lowest BCUT2D eigenvalue weighted by Crippen LogP contribution is -2.61. The Hall–Kier alpha value is -1.91. The third kappa shape index (κ3) is 1.61. The maximum absolute atomic E-state index is 13.7. The van der Waals surface area contributed by atoms with E-state index in [1.807, 2.05) is 39.0 Å². The summed E-state index contributed by atoms with van der Waals surface area (Å²) in [6, 6.07) is 5.63. The van der Waals surface area contributed by atoms with Crippen molar-refractivity contribution in [1.29, 1.82) is 0 Å². The van der Waals surface area contributed by atoms with E-state index in [-0.39, 0.29) is 11.7 Å². The third-order valence-corrected chi connectivity index (χ3v) is 7.51. The molecule has 2 bridgehead atoms. The van der Waals surface area contributed by atoms with Crippen LogP contribution in [0.5, 0.6) is 0 Å². The number of Topliss-reactive ketones (excluding diaryl/α,β-unsaturated/α-hetero) is 1. The summed E-state index contributed by atoms with van der Waals surface area (Å²) in [5.74, 6) is -1.10. The molecule has 0 fully saturated rings. The minimum absolute atomic E-state index is 0.00812. The van der Waals surface area contributed by atoms with Crippen LogP contribution in [0, 0.1) is 16.7 Å². The number of carbonyl (C=O) groups excluding carboxylic acids is 2. The summed E-state index contributed by atoms with van der Waals surface area (Å²) in [6.45, 7) is 9.69. The first-order valence-electron chi connectivity index (χ1n) is 8.79. The van der Waals surface area contributed by atoms with E-state index in [2.05, 4.69) is 6.58 Å². The number of carbonyl (C=O) groups is 2. The van der Waals surface area contributed by atoms with Crippen LogP contribution < -0.4 is 10.6 Å². The number of hydrogen-bond donors (Lipinski definition) is 1. The predicted octanol–water partition coefficient (Wildman–Crippen LogP) is 3.45. The Balaban J connectivity index is 2.21. The van der Waals surface area contributed by atoms with Crippen molar-refractivity contribution in [1.82, 2.24) is 0 Å². The van der Waals surface area contributed by atoms with Gasteiger partial charge in [0.25, 0.3) is 0 Å². The molecule has 1 heterocycles. The number of nitrogens with two attached hydrogens (primary N) is 1. The van der Waals surface area contributed by atoms with Crippen LogP contribution in [0.15, 0.2) is 42.0 Å². The molecular formula is C21H23ClN2O2. The second-order valence-electron chi connectivity index (χ2n) is 8.46. The number of nitrogens with zero attached hydrogens (tertiary/aromatic N) is 1. The second-order valence-corrected chi connectivity index (χ2v) is 8.87. The Kier molecular flexibility index (Phi) is 3.28. The van der Waals surface area contributed by atoms with Gasteiger partial charge in [-0.05, 0) is 29.5 Å². The zero-order valence-corrected chi connectivity index (χ0v) is 16.2. The van der Waals surface area contributed by atoms with Gasteiger partial charge in [0.05, 0.1) is 5.92 Å². The predicted molar refractivity (Wildman–Crippen MR) is 103 cm³/mol. The van der Waals surface area contributed by atoms with Crippen LogP contribution in [0.3, 0.4) is 0 Å². The van der Waals surface area contributed by atoms with Crippen LogP contribution >= 0.6 is 11.6 Å². The van der Waals surface area contributed by atoms with Gasteiger partial charge >= 0.3 is 0 Å². The van der Waals surface area contributed by atoms with Crippen LogP contribution in [0.4, 0.5) is 5.69 Å². The fourth-order valence-electron chi connectivity index (χ4n) is 5.11. The Bertz CT molecular complexity index is 919. The zero-order valence-electron chi connectivity index (χ0n) is 15.5. The van der Waals surface area contributed by atoms with Crippen molar-refractivity contribution in [2.75, 3.05) is 11.9 Å². The lowest BCUT2D eigenvalue weighted by atomic mass is 9.57. The number of ketones is 1. The van der Waals surface area contributed by atoms with Gasteiger partial charge < -0.3 is 10.6 Å². The van der Waals surface area contributed by atoms with E-state index in [9.17, 15) is 9.59 Å². The molecule has 1 aliphatic heterocycles. The second kappa shape index (κ2) is 4.87. The summed E-state index contributed by atoms with van der Waals surface area (Å²) in [5, 5.41) is 0.506. The molecule has 2 aliphatic carbocycles. The van der Waals surface area contributed by atoms with Gasteiger partial charge in [-0.2, -0.15) is 0 Å². The molecule has 4 rings (SSSR count). The van der Waals surface area contributed by atoms with Crippen molar-refractivity contribution in [3.63, 3.8) is 0 Å². The highest BCUT2D eigenvalue weighted by atomic mass is 35.5. The van der Waals surface area contributed by atoms with Gasteiger partial charge in [0.1, 0.15) is 5.54 Å². The monoisotopic (exact) mass is 370 g/mol. The molecule has 4 nitrogen and oxygen atoms in total. The minimum atomic E-state index is -1.37. The van der Waals surface area contributed by atoms with Crippen LogP contribution in [-0.2, 0) is 15.1 Å². The van der Waals surface area contributed by atoms with Gasteiger partial charge in [-0.1, -0.05) is 49.7 Å². The van der Waals surface area contributed by atoms with E-state index in [0.717, 1.165) is 11.3 Å². The molecule has 0 saturated carbocycles. The average Bonchev–Trinajstić information content (AvgIpc) is 2.85. The summed E-state index contributed by atoms with van der Waals surface area (Å²) in [7, 11) is 1.78. The number of hydrogen-bond acceptors (Lipinski definition) is 3. The molecule has 136 valence electrons. The topological polar surface area (TPSA) is 63.4 Å². The minimum Gasteiger partial charge on any atom is -0.315 e. The number of allylic oxidation sites excluding steroid dienone is 1. The molecule has 1 aromatic rings. The molecule has 4 atom stereocenters. The Morgan fingerprint density at radius 3 is 2.54 bits per heavy atom. The molecule has 0 saturated heterocycles. The van der Waals surface area contributed by atoms with E-state index in [1.165, 1.54) is 0 Å². The number of amides is 1. The lowest BCUT2D eigenvalue weighted by Gasteiger charge is -2.49. The summed E-state index contributed by atoms with van der Waals surface area (Å²) in [6.07, 6.45) is 3.45. The normalized spacial score (nSPS) is 37.2. The molecule has 0 radical (unpaired) electrons. The zero-order chi connectivity index (χ0) is 19.2. The Morgan fingerprint density at radius 1 is 1.27 bits per heavy atom. The largest absolute Gasteiger partial charge is 0.315 e. The number of likely N-dealkylation sites (N-methyl/N-ethyl adjacent to an activating group) is 1. The number of fused-ring (bicyclic) bond motifs is 3. The van der Waals surface area contributed by atoms with Crippen molar-refractivity contribution in [3.05, 3.63) is 53.1 Å². The van der Waals surface area contributed by atoms with Crippen LogP contribution in [-0.4, -0.2) is 18.7 Å². The smallest absolute Gasteiger partial charge is 0.234 e. The van der Waals surface area contributed by atoms with Crippen molar-refractivity contribution >= 4 is 29.0 Å². The fourth-order valence-corrected chi connectivity index (χ4v) is 5.46. The number of anilines is 1. The number of benzene rings is 1. The van der Waals surface area contributed by atoms with E-state index in [4.69, 9.17) is 17.3 Å². The van der Waals surface area contributed by atoms with Crippen molar-refractivity contribution in [2.45, 2.75) is 32.2 Å². The lowest BCUT2D eigenvalue weighted by molar-refractivity contribution is -0.134. The molecule has 1 amide bonds. The molecule has 26 heavy (non-hydrogen) atoms. The first-order chi connectivity index (χ1) is 12.0. The van der Waals surface area contributed by atoms with Gasteiger partial charge in [0, 0.05) is 29.1 Å². The molecule has 2 N–H and O–H groups in total. The van der Waals surface area contributed by atoms with Gasteiger partial charge in [0.15, 0.2) is 5.78 Å². The van der Waals surface area contributed by atoms with E-state index in [0.29, 0.717) is 10.6 Å². The standard InChI is InChI=1S/C21H23ClN2O2/c1-6-20(4)14(22)10-12-17(25)21(20,23)11-8-7-9-13-15(11)16(19(12,2)3)18(26)24(13)5/h6-10,12,16H,1,23H2,2-5H3/t12-,16+,20+,21+/m0/s1. The van der Waals surface area contributed by atoms with Crippen molar-refractivity contribution < 1.29 is 9.59 Å². The number of rotatable bonds is 1. The SMILES string of the molecule is C=C[C@]1(C)C(Cl)=C[C@H]2C(=O)[C@]1(N)c1cccc3c1[C@H](C(=O)N3C)C2(C)C. The van der Waals surface area contributed by atoms with E-state index < -0.39 is 28.2 Å². The average molecular weight is 371 g/mol. The van der Waals surface area contributed by atoms with E-state index >= 15 is 0 Å². The van der Waals surface area contributed by atoms with Gasteiger partial charge in [-0.25, -0.2) is 0 Å². The first-order valence-corrected chi connectivity index (χ1v) is 9.16. The van der Waals surface area contributed by atoms with Crippen LogP contribution in [0.25, 0.3) is 0 Å². The maximum atomic E-state index is 13.7. The summed E-state index contributed by atoms with van der Waals surface area (Å²) < 4.78 is 0. The molecule has 1 aromatic carbocycles. The summed E-state index contributed by atoms with van der Waals surface area (Å²) in [5.41, 5.74) is 6.34. The highest BCUT2D eigenvalue weighted by Crippen LogP contribution is 2.63. The summed E-state index contributed by atoms with van der Waals surface area (Å²) >= 11 is 6.68. The van der Waals surface area contributed by atoms with Crippen LogP contribution in [0.1, 0.15) is 37.8 Å². The molecule has 3 aliphatic rings. The Morgan fingerprint density at radius 2 is 1.92 bits per heavy atom. The molecule has 0 aromatic heterocycles. The van der Waals surface area contributed by atoms with Gasteiger partial charge in [-0.15, -0.1) is 6.58 Å². The maximum Gasteiger partial charge on any atom is 0.234 e. The molecule has 5 heteroatoms. The summed E-state index contributed by atoms with van der Waals surface area (Å²) in [4.78, 5) is 28.6. The Labute approximate surface area is 158 Å². The molecule has 0 unspecified atom stereocenters. The van der Waals surface area contributed by atoms with Crippen molar-refractivity contribution in [3.8, 4) is 0 Å². The fraction of sp³-hybridized carbons (Fsp3) is 0.429. The highest BCUT2D eigenvalue weighted by Gasteiger charge is 2.65. The quantitative estimate of drug-likeness (QED) is 0.770. The van der Waals surface area contributed by atoms with Gasteiger partial charge in [-0.3, -0.25) is 9.59 Å². The van der Waals surface area contributed by atoms with Gasteiger partial charge in [0.2, 0.25) is 5.91 Å². The van der Waals surface area contributed by atoms with Crippen molar-refractivity contribution in [2.24, 2.45) is 22.5 Å². The molecular weight excluding hydrogens is 348 g/mol. The molecule has 0 spiro atoms. The van der Waals surface area contributed by atoms with Crippen LogP contribution in [0.2, 0.25) is 0 Å². The van der Waals surface area contributed by atoms with E-state index in [1.54, 1.807) is 24.1 Å². The third-order valence-electron chi connectivity index (χ3n) is 6.99.